The number of ether oxygens (including phenoxy) is 2. The van der Waals surface area contributed by atoms with Crippen LogP contribution in [0.2, 0.25) is 5.02 Å². The summed E-state index contributed by atoms with van der Waals surface area (Å²) in [5, 5.41) is 5.09. The average Bonchev–Trinajstić information content (AvgIpc) is 3.04. The van der Waals surface area contributed by atoms with Crippen LogP contribution in [0.3, 0.4) is 0 Å². The zero-order chi connectivity index (χ0) is 17.1. The summed E-state index contributed by atoms with van der Waals surface area (Å²) in [4.78, 5) is 0. The van der Waals surface area contributed by atoms with Crippen molar-refractivity contribution < 1.29 is 13.9 Å². The Kier molecular flexibility index (Phi) is 4.97. The molecule has 1 aromatic heterocycles. The summed E-state index contributed by atoms with van der Waals surface area (Å²) < 4.78 is 16.5. The molecule has 2 aromatic carbocycles. The second-order valence-corrected chi connectivity index (χ2v) is 5.94. The molecule has 0 aliphatic carbocycles. The van der Waals surface area contributed by atoms with Gasteiger partial charge < -0.3 is 19.2 Å². The van der Waals surface area contributed by atoms with Gasteiger partial charge in [0.2, 0.25) is 0 Å². The summed E-state index contributed by atoms with van der Waals surface area (Å²) in [7, 11) is 3.17. The van der Waals surface area contributed by atoms with Gasteiger partial charge in [-0.3, -0.25) is 0 Å². The highest BCUT2D eigenvalue weighted by Crippen LogP contribution is 2.37. The highest BCUT2D eigenvalue weighted by molar-refractivity contribution is 6.33. The number of hydrogen-bond acceptors (Lipinski definition) is 4. The predicted molar refractivity (Wildman–Crippen MR) is 96.0 cm³/mol. The first-order chi connectivity index (χ1) is 11.6. The minimum atomic E-state index is 0.0570. The van der Waals surface area contributed by atoms with Crippen LogP contribution in [0.5, 0.6) is 11.5 Å². The molecule has 3 aromatic rings. The van der Waals surface area contributed by atoms with Crippen molar-refractivity contribution >= 4 is 22.6 Å². The number of rotatable bonds is 6. The maximum Gasteiger partial charge on any atom is 0.179 e. The molecule has 3 rings (SSSR count). The fourth-order valence-corrected chi connectivity index (χ4v) is 2.95. The first-order valence-corrected chi connectivity index (χ1v) is 8.13. The predicted octanol–water partition coefficient (Wildman–Crippen LogP) is 4.95. The molecule has 126 valence electrons. The van der Waals surface area contributed by atoms with Gasteiger partial charge in [0.25, 0.3) is 0 Å². The van der Waals surface area contributed by atoms with Crippen LogP contribution >= 0.6 is 11.6 Å². The average molecular weight is 346 g/mol. The number of nitrogens with one attached hydrogen (secondary N) is 1. The van der Waals surface area contributed by atoms with Crippen LogP contribution in [0, 0.1) is 0 Å². The second-order valence-electron chi connectivity index (χ2n) is 5.56. The molecule has 1 N–H and O–H groups in total. The summed E-state index contributed by atoms with van der Waals surface area (Å²) in [5.74, 6) is 2.07. The monoisotopic (exact) mass is 345 g/mol. The van der Waals surface area contributed by atoms with Gasteiger partial charge in [0, 0.05) is 11.9 Å². The molecule has 1 unspecified atom stereocenters. The molecule has 1 heterocycles. The van der Waals surface area contributed by atoms with Crippen molar-refractivity contribution in [2.24, 2.45) is 0 Å². The fourth-order valence-electron chi connectivity index (χ4n) is 2.65. The van der Waals surface area contributed by atoms with Crippen LogP contribution in [0.25, 0.3) is 11.0 Å². The SMILES string of the molecule is COc1ccc(CNC(C)c2cc3ccccc3o2)c(Cl)c1OC. The Bertz CT molecular complexity index is 811. The van der Waals surface area contributed by atoms with E-state index in [2.05, 4.69) is 18.3 Å². The molecular weight excluding hydrogens is 326 g/mol. The number of benzene rings is 2. The van der Waals surface area contributed by atoms with E-state index in [0.717, 1.165) is 22.3 Å². The van der Waals surface area contributed by atoms with Gasteiger partial charge in [-0.2, -0.15) is 0 Å². The quantitative estimate of drug-likeness (QED) is 0.686. The molecule has 0 aliphatic rings. The highest BCUT2D eigenvalue weighted by atomic mass is 35.5. The molecule has 0 aliphatic heterocycles. The lowest BCUT2D eigenvalue weighted by molar-refractivity contribution is 0.354. The van der Waals surface area contributed by atoms with E-state index in [1.165, 1.54) is 0 Å². The van der Waals surface area contributed by atoms with Crippen LogP contribution < -0.4 is 14.8 Å². The van der Waals surface area contributed by atoms with Crippen LogP contribution in [-0.2, 0) is 6.54 Å². The highest BCUT2D eigenvalue weighted by Gasteiger charge is 2.15. The van der Waals surface area contributed by atoms with E-state index in [9.17, 15) is 0 Å². The Morgan fingerprint density at radius 3 is 2.62 bits per heavy atom. The lowest BCUT2D eigenvalue weighted by Crippen LogP contribution is -2.18. The van der Waals surface area contributed by atoms with E-state index < -0.39 is 0 Å². The van der Waals surface area contributed by atoms with Crippen molar-refractivity contribution in [1.82, 2.24) is 5.32 Å². The number of hydrogen-bond donors (Lipinski definition) is 1. The third-order valence-electron chi connectivity index (χ3n) is 4.04. The van der Waals surface area contributed by atoms with E-state index in [1.54, 1.807) is 14.2 Å². The minimum absolute atomic E-state index is 0.0570. The van der Waals surface area contributed by atoms with Crippen molar-refractivity contribution in [3.63, 3.8) is 0 Å². The number of furan rings is 1. The first kappa shape index (κ1) is 16.7. The van der Waals surface area contributed by atoms with E-state index in [1.807, 2.05) is 36.4 Å². The van der Waals surface area contributed by atoms with Gasteiger partial charge in [-0.15, -0.1) is 0 Å². The Balaban J connectivity index is 1.75. The van der Waals surface area contributed by atoms with Crippen molar-refractivity contribution in [2.75, 3.05) is 14.2 Å². The van der Waals surface area contributed by atoms with E-state index >= 15 is 0 Å². The number of methoxy groups -OCH3 is 2. The number of para-hydroxylation sites is 1. The molecule has 4 nitrogen and oxygen atoms in total. The molecule has 0 bridgehead atoms. The van der Waals surface area contributed by atoms with E-state index in [4.69, 9.17) is 25.5 Å². The molecule has 0 radical (unpaired) electrons. The minimum Gasteiger partial charge on any atom is -0.493 e. The Hall–Kier alpha value is -2.17. The van der Waals surface area contributed by atoms with Crippen LogP contribution in [-0.4, -0.2) is 14.2 Å². The van der Waals surface area contributed by atoms with Gasteiger partial charge in [0.1, 0.15) is 11.3 Å². The third-order valence-corrected chi connectivity index (χ3v) is 4.45. The molecule has 0 fully saturated rings. The molecule has 0 saturated carbocycles. The van der Waals surface area contributed by atoms with Crippen LogP contribution in [0.15, 0.2) is 46.9 Å². The molecular formula is C19H20ClNO3. The van der Waals surface area contributed by atoms with E-state index in [0.29, 0.717) is 23.1 Å². The van der Waals surface area contributed by atoms with Gasteiger partial charge in [-0.05, 0) is 30.7 Å². The van der Waals surface area contributed by atoms with Gasteiger partial charge in [-0.25, -0.2) is 0 Å². The topological polar surface area (TPSA) is 43.6 Å². The summed E-state index contributed by atoms with van der Waals surface area (Å²) in [6.07, 6.45) is 0. The summed E-state index contributed by atoms with van der Waals surface area (Å²) in [6.45, 7) is 2.66. The Labute approximate surface area is 146 Å². The maximum absolute atomic E-state index is 6.42. The summed E-state index contributed by atoms with van der Waals surface area (Å²) in [5.41, 5.74) is 1.84. The van der Waals surface area contributed by atoms with Gasteiger partial charge >= 0.3 is 0 Å². The Morgan fingerprint density at radius 1 is 1.12 bits per heavy atom. The fraction of sp³-hybridized carbons (Fsp3) is 0.263. The second kappa shape index (κ2) is 7.16. The normalized spacial score (nSPS) is 12.3. The number of fused-ring (bicyclic) bond motifs is 1. The molecule has 0 amide bonds. The van der Waals surface area contributed by atoms with Gasteiger partial charge in [-0.1, -0.05) is 35.9 Å². The lowest BCUT2D eigenvalue weighted by Gasteiger charge is -2.15. The largest absolute Gasteiger partial charge is 0.493 e. The zero-order valence-electron chi connectivity index (χ0n) is 13.9. The lowest BCUT2D eigenvalue weighted by atomic mass is 10.1. The summed E-state index contributed by atoms with van der Waals surface area (Å²) >= 11 is 6.42. The first-order valence-electron chi connectivity index (χ1n) is 7.75. The van der Waals surface area contributed by atoms with Crippen LogP contribution in [0.1, 0.15) is 24.3 Å². The van der Waals surface area contributed by atoms with Gasteiger partial charge in [0.05, 0.1) is 25.3 Å². The summed E-state index contributed by atoms with van der Waals surface area (Å²) in [6, 6.07) is 13.9. The van der Waals surface area contributed by atoms with Crippen LogP contribution in [0.4, 0.5) is 0 Å². The Morgan fingerprint density at radius 2 is 1.92 bits per heavy atom. The zero-order valence-corrected chi connectivity index (χ0v) is 14.7. The van der Waals surface area contributed by atoms with Crippen molar-refractivity contribution in [1.29, 1.82) is 0 Å². The van der Waals surface area contributed by atoms with Crippen molar-refractivity contribution in [3.05, 3.63) is 58.8 Å². The van der Waals surface area contributed by atoms with Crippen molar-refractivity contribution in [2.45, 2.75) is 19.5 Å². The van der Waals surface area contributed by atoms with Gasteiger partial charge in [0.15, 0.2) is 11.5 Å². The molecule has 0 saturated heterocycles. The van der Waals surface area contributed by atoms with E-state index in [-0.39, 0.29) is 6.04 Å². The third kappa shape index (κ3) is 3.21. The molecule has 1 atom stereocenters. The number of halogens is 1. The van der Waals surface area contributed by atoms with Crippen molar-refractivity contribution in [3.8, 4) is 11.5 Å². The molecule has 5 heteroatoms. The molecule has 0 spiro atoms. The maximum atomic E-state index is 6.42. The molecule has 24 heavy (non-hydrogen) atoms. The standard InChI is InChI=1S/C19H20ClNO3/c1-12(17-10-13-6-4-5-7-15(13)24-17)21-11-14-8-9-16(22-2)19(23-3)18(14)20/h4-10,12,21H,11H2,1-3H3. The smallest absolute Gasteiger partial charge is 0.179 e.